The van der Waals surface area contributed by atoms with E-state index in [4.69, 9.17) is 4.74 Å². The van der Waals surface area contributed by atoms with Crippen LogP contribution in [0.15, 0.2) is 77.5 Å². The van der Waals surface area contributed by atoms with Gasteiger partial charge in [0.15, 0.2) is 0 Å². The van der Waals surface area contributed by atoms with Gasteiger partial charge in [0.25, 0.3) is 5.91 Å². The SMILES string of the molecule is CC(Oc1ccc(Br)cc1C(=O)Nc1cccnc1)c1ccccc1. The maximum Gasteiger partial charge on any atom is 0.259 e. The fourth-order valence-electron chi connectivity index (χ4n) is 2.40. The molecule has 1 atom stereocenters. The summed E-state index contributed by atoms with van der Waals surface area (Å²) in [5.41, 5.74) is 2.14. The van der Waals surface area contributed by atoms with Crippen LogP contribution in [-0.4, -0.2) is 10.9 Å². The third kappa shape index (κ3) is 4.45. The van der Waals surface area contributed by atoms with Crippen LogP contribution in [0.3, 0.4) is 0 Å². The predicted molar refractivity (Wildman–Crippen MR) is 102 cm³/mol. The second-order valence-electron chi connectivity index (χ2n) is 5.51. The topological polar surface area (TPSA) is 51.2 Å². The van der Waals surface area contributed by atoms with Crippen LogP contribution < -0.4 is 10.1 Å². The van der Waals surface area contributed by atoms with Gasteiger partial charge in [-0.25, -0.2) is 0 Å². The Bertz CT molecular complexity index is 854. The molecular formula is C20H17BrN2O2. The minimum atomic E-state index is -0.246. The molecular weight excluding hydrogens is 380 g/mol. The Balaban J connectivity index is 1.84. The molecule has 25 heavy (non-hydrogen) atoms. The second kappa shape index (κ2) is 7.94. The molecule has 1 N–H and O–H groups in total. The first-order valence-corrected chi connectivity index (χ1v) is 8.65. The highest BCUT2D eigenvalue weighted by molar-refractivity contribution is 9.10. The summed E-state index contributed by atoms with van der Waals surface area (Å²) in [6.45, 7) is 1.96. The minimum absolute atomic E-state index is 0.174. The summed E-state index contributed by atoms with van der Waals surface area (Å²) in [5.74, 6) is 0.283. The monoisotopic (exact) mass is 396 g/mol. The lowest BCUT2D eigenvalue weighted by Gasteiger charge is -2.18. The number of amides is 1. The number of pyridine rings is 1. The largest absolute Gasteiger partial charge is 0.485 e. The van der Waals surface area contributed by atoms with E-state index in [1.54, 1.807) is 36.7 Å². The number of carbonyl (C=O) groups is 1. The first-order chi connectivity index (χ1) is 12.1. The van der Waals surface area contributed by atoms with E-state index in [1.165, 1.54) is 0 Å². The molecule has 2 aromatic carbocycles. The van der Waals surface area contributed by atoms with Crippen molar-refractivity contribution in [1.29, 1.82) is 0 Å². The average molecular weight is 397 g/mol. The van der Waals surface area contributed by atoms with Crippen molar-refractivity contribution in [2.75, 3.05) is 5.32 Å². The van der Waals surface area contributed by atoms with Crippen LogP contribution in [0.25, 0.3) is 0 Å². The van der Waals surface area contributed by atoms with E-state index in [9.17, 15) is 4.79 Å². The Kier molecular flexibility index (Phi) is 5.46. The Morgan fingerprint density at radius 2 is 1.92 bits per heavy atom. The van der Waals surface area contributed by atoms with Gasteiger partial charge in [-0.15, -0.1) is 0 Å². The summed E-state index contributed by atoms with van der Waals surface area (Å²) in [5, 5.41) is 2.84. The molecule has 1 heterocycles. The van der Waals surface area contributed by atoms with E-state index in [0.29, 0.717) is 17.0 Å². The van der Waals surface area contributed by atoms with Crippen molar-refractivity contribution < 1.29 is 9.53 Å². The average Bonchev–Trinajstić information content (AvgIpc) is 2.64. The smallest absolute Gasteiger partial charge is 0.259 e. The first-order valence-electron chi connectivity index (χ1n) is 7.86. The molecule has 0 saturated carbocycles. The summed E-state index contributed by atoms with van der Waals surface area (Å²) < 4.78 is 6.86. The number of ether oxygens (including phenoxy) is 1. The molecule has 0 bridgehead atoms. The van der Waals surface area contributed by atoms with E-state index in [0.717, 1.165) is 10.0 Å². The van der Waals surface area contributed by atoms with Crippen LogP contribution in [0.4, 0.5) is 5.69 Å². The summed E-state index contributed by atoms with van der Waals surface area (Å²) >= 11 is 3.41. The van der Waals surface area contributed by atoms with Gasteiger partial charge < -0.3 is 10.1 Å². The van der Waals surface area contributed by atoms with Gasteiger partial charge in [-0.2, -0.15) is 0 Å². The van der Waals surface area contributed by atoms with Gasteiger partial charge >= 0.3 is 0 Å². The maximum absolute atomic E-state index is 12.7. The number of nitrogens with zero attached hydrogens (tertiary/aromatic N) is 1. The van der Waals surface area contributed by atoms with Gasteiger partial charge in [-0.3, -0.25) is 9.78 Å². The van der Waals surface area contributed by atoms with Gasteiger partial charge in [-0.05, 0) is 42.8 Å². The van der Waals surface area contributed by atoms with E-state index >= 15 is 0 Å². The molecule has 3 aromatic rings. The fourth-order valence-corrected chi connectivity index (χ4v) is 2.76. The molecule has 0 aliphatic heterocycles. The fraction of sp³-hybridized carbons (Fsp3) is 0.100. The summed E-state index contributed by atoms with van der Waals surface area (Å²) in [4.78, 5) is 16.7. The van der Waals surface area contributed by atoms with E-state index in [-0.39, 0.29) is 12.0 Å². The number of aromatic nitrogens is 1. The van der Waals surface area contributed by atoms with Gasteiger partial charge in [0, 0.05) is 10.7 Å². The van der Waals surface area contributed by atoms with Gasteiger partial charge in [0.1, 0.15) is 11.9 Å². The first kappa shape index (κ1) is 17.2. The molecule has 0 aliphatic rings. The molecule has 1 amide bonds. The van der Waals surface area contributed by atoms with Crippen LogP contribution in [0.1, 0.15) is 28.9 Å². The Labute approximate surface area is 155 Å². The molecule has 3 rings (SSSR count). The quantitative estimate of drug-likeness (QED) is 0.641. The van der Waals surface area contributed by atoms with Crippen molar-refractivity contribution in [1.82, 2.24) is 4.98 Å². The van der Waals surface area contributed by atoms with Crippen molar-refractivity contribution in [2.24, 2.45) is 0 Å². The Hall–Kier alpha value is -2.66. The molecule has 0 aliphatic carbocycles. The van der Waals surface area contributed by atoms with Crippen molar-refractivity contribution in [3.05, 3.63) is 88.7 Å². The van der Waals surface area contributed by atoms with Crippen molar-refractivity contribution >= 4 is 27.5 Å². The zero-order valence-corrected chi connectivity index (χ0v) is 15.2. The number of nitrogens with one attached hydrogen (secondary N) is 1. The Morgan fingerprint density at radius 1 is 1.12 bits per heavy atom. The third-order valence-corrected chi connectivity index (χ3v) is 4.17. The second-order valence-corrected chi connectivity index (χ2v) is 6.42. The third-order valence-electron chi connectivity index (χ3n) is 3.68. The number of anilines is 1. The van der Waals surface area contributed by atoms with Gasteiger partial charge in [0.05, 0.1) is 17.4 Å². The van der Waals surface area contributed by atoms with Crippen molar-refractivity contribution in [3.8, 4) is 5.75 Å². The predicted octanol–water partition coefficient (Wildman–Crippen LogP) is 5.24. The van der Waals surface area contributed by atoms with Crippen LogP contribution in [0.5, 0.6) is 5.75 Å². The summed E-state index contributed by atoms with van der Waals surface area (Å²) in [6.07, 6.45) is 3.08. The molecule has 126 valence electrons. The molecule has 0 fully saturated rings. The van der Waals surface area contributed by atoms with E-state index < -0.39 is 0 Å². The number of rotatable bonds is 5. The number of halogens is 1. The van der Waals surface area contributed by atoms with Crippen LogP contribution in [0.2, 0.25) is 0 Å². The highest BCUT2D eigenvalue weighted by Crippen LogP contribution is 2.28. The number of benzene rings is 2. The number of hydrogen-bond acceptors (Lipinski definition) is 3. The molecule has 0 saturated heterocycles. The van der Waals surface area contributed by atoms with Crippen molar-refractivity contribution in [2.45, 2.75) is 13.0 Å². The molecule has 1 aromatic heterocycles. The zero-order chi connectivity index (χ0) is 17.6. The van der Waals surface area contributed by atoms with Gasteiger partial charge in [-0.1, -0.05) is 46.3 Å². The highest BCUT2D eigenvalue weighted by atomic mass is 79.9. The standard InChI is InChI=1S/C20H17BrN2O2/c1-14(15-6-3-2-4-7-15)25-19-10-9-16(21)12-18(19)20(24)23-17-8-5-11-22-13-17/h2-14H,1H3,(H,23,24). The lowest BCUT2D eigenvalue weighted by atomic mass is 10.1. The normalized spacial score (nSPS) is 11.6. The Morgan fingerprint density at radius 3 is 2.64 bits per heavy atom. The van der Waals surface area contributed by atoms with Crippen molar-refractivity contribution in [3.63, 3.8) is 0 Å². The minimum Gasteiger partial charge on any atom is -0.485 e. The molecule has 0 spiro atoms. The lowest BCUT2D eigenvalue weighted by molar-refractivity contribution is 0.102. The van der Waals surface area contributed by atoms with Crippen LogP contribution in [-0.2, 0) is 0 Å². The van der Waals surface area contributed by atoms with Crippen LogP contribution >= 0.6 is 15.9 Å². The summed E-state index contributed by atoms with van der Waals surface area (Å²) in [7, 11) is 0. The lowest BCUT2D eigenvalue weighted by Crippen LogP contribution is -2.15. The number of carbonyl (C=O) groups excluding carboxylic acids is 1. The van der Waals surface area contributed by atoms with Gasteiger partial charge in [0.2, 0.25) is 0 Å². The van der Waals surface area contributed by atoms with E-state index in [2.05, 4.69) is 26.2 Å². The van der Waals surface area contributed by atoms with Crippen LogP contribution in [0, 0.1) is 0 Å². The molecule has 4 nitrogen and oxygen atoms in total. The maximum atomic E-state index is 12.7. The highest BCUT2D eigenvalue weighted by Gasteiger charge is 2.16. The molecule has 5 heteroatoms. The molecule has 1 unspecified atom stereocenters. The van der Waals surface area contributed by atoms with E-state index in [1.807, 2.05) is 43.3 Å². The summed E-state index contributed by atoms with van der Waals surface area (Å²) in [6, 6.07) is 18.8. The zero-order valence-electron chi connectivity index (χ0n) is 13.6. The number of hydrogen-bond donors (Lipinski definition) is 1. The molecule has 0 radical (unpaired) electrons.